The maximum Gasteiger partial charge on any atom is 0.147 e. The van der Waals surface area contributed by atoms with E-state index in [9.17, 15) is 4.39 Å². The number of benzene rings is 1. The van der Waals surface area contributed by atoms with Gasteiger partial charge in [-0.25, -0.2) is 4.39 Å². The Balaban J connectivity index is 2.34. The fourth-order valence-corrected chi connectivity index (χ4v) is 3.10. The minimum absolute atomic E-state index is 0.142. The first-order chi connectivity index (χ1) is 9.70. The van der Waals surface area contributed by atoms with E-state index in [1.54, 1.807) is 12.1 Å². The molecule has 0 aromatic heterocycles. The highest BCUT2D eigenvalue weighted by atomic mass is 35.5. The van der Waals surface area contributed by atoms with Crippen molar-refractivity contribution in [2.24, 2.45) is 11.3 Å². The Bertz CT molecular complexity index is 496. The first-order valence-electron chi connectivity index (χ1n) is 7.65. The molecule has 1 fully saturated rings. The fraction of sp³-hybridized carbons (Fsp3) is 0.647. The van der Waals surface area contributed by atoms with E-state index in [-0.39, 0.29) is 11.2 Å². The molecule has 118 valence electrons. The molecular formula is C17H26ClFN2. The molecule has 0 spiro atoms. The summed E-state index contributed by atoms with van der Waals surface area (Å²) in [4.78, 5) is 2.21. The van der Waals surface area contributed by atoms with Crippen LogP contribution < -0.4 is 10.2 Å². The standard InChI is InChI=1S/C17H26ClFN2/c1-11(2)15-9-20-16(17(3,4)5)10-21(15)14-7-6-12(18)8-13(14)19/h6-8,11,15-16,20H,9-10H2,1-5H3. The lowest BCUT2D eigenvalue weighted by molar-refractivity contribution is 0.220. The van der Waals surface area contributed by atoms with Gasteiger partial charge in [0.05, 0.1) is 5.69 Å². The number of rotatable bonds is 2. The molecule has 21 heavy (non-hydrogen) atoms. The monoisotopic (exact) mass is 312 g/mol. The topological polar surface area (TPSA) is 15.3 Å². The zero-order chi connectivity index (χ0) is 15.8. The molecule has 1 aliphatic heterocycles. The van der Waals surface area contributed by atoms with Gasteiger partial charge in [0.2, 0.25) is 0 Å². The van der Waals surface area contributed by atoms with E-state index >= 15 is 0 Å². The number of hydrogen-bond donors (Lipinski definition) is 1. The average Bonchev–Trinajstić information content (AvgIpc) is 2.37. The number of nitrogens with one attached hydrogen (secondary N) is 1. The summed E-state index contributed by atoms with van der Waals surface area (Å²) >= 11 is 5.89. The van der Waals surface area contributed by atoms with Gasteiger partial charge in [-0.05, 0) is 29.5 Å². The van der Waals surface area contributed by atoms with Gasteiger partial charge in [0.15, 0.2) is 0 Å². The Morgan fingerprint density at radius 3 is 2.52 bits per heavy atom. The van der Waals surface area contributed by atoms with Crippen LogP contribution in [0.4, 0.5) is 10.1 Å². The van der Waals surface area contributed by atoms with Gasteiger partial charge in [-0.1, -0.05) is 46.2 Å². The molecule has 1 aromatic rings. The number of anilines is 1. The Morgan fingerprint density at radius 2 is 2.00 bits per heavy atom. The lowest BCUT2D eigenvalue weighted by Gasteiger charge is -2.47. The van der Waals surface area contributed by atoms with Crippen molar-refractivity contribution < 1.29 is 4.39 Å². The van der Waals surface area contributed by atoms with E-state index in [2.05, 4.69) is 44.8 Å². The van der Waals surface area contributed by atoms with E-state index in [1.165, 1.54) is 6.07 Å². The summed E-state index contributed by atoms with van der Waals surface area (Å²) in [5.74, 6) is 0.219. The van der Waals surface area contributed by atoms with Crippen LogP contribution in [0.3, 0.4) is 0 Å². The molecule has 4 heteroatoms. The molecule has 0 radical (unpaired) electrons. The highest BCUT2D eigenvalue weighted by molar-refractivity contribution is 6.30. The van der Waals surface area contributed by atoms with Crippen molar-refractivity contribution in [2.75, 3.05) is 18.0 Å². The molecule has 0 amide bonds. The number of nitrogens with zero attached hydrogens (tertiary/aromatic N) is 1. The maximum atomic E-state index is 14.3. The van der Waals surface area contributed by atoms with E-state index in [4.69, 9.17) is 11.6 Å². The Labute approximate surface area is 132 Å². The van der Waals surface area contributed by atoms with Crippen molar-refractivity contribution in [3.05, 3.63) is 29.0 Å². The second kappa shape index (κ2) is 6.13. The molecule has 0 aliphatic carbocycles. The molecule has 2 rings (SSSR count). The van der Waals surface area contributed by atoms with Gasteiger partial charge in [-0.3, -0.25) is 0 Å². The van der Waals surface area contributed by atoms with E-state index in [1.807, 2.05) is 0 Å². The first-order valence-corrected chi connectivity index (χ1v) is 8.03. The summed E-state index contributed by atoms with van der Waals surface area (Å²) < 4.78 is 14.3. The largest absolute Gasteiger partial charge is 0.363 e. The van der Waals surface area contributed by atoms with Crippen molar-refractivity contribution in [3.8, 4) is 0 Å². The lowest BCUT2D eigenvalue weighted by atomic mass is 9.83. The molecule has 2 atom stereocenters. The minimum atomic E-state index is -0.234. The van der Waals surface area contributed by atoms with Crippen LogP contribution in [0.15, 0.2) is 18.2 Å². The highest BCUT2D eigenvalue weighted by Crippen LogP contribution is 2.31. The molecular weight excluding hydrogens is 287 g/mol. The van der Waals surface area contributed by atoms with Crippen LogP contribution in [0.5, 0.6) is 0 Å². The van der Waals surface area contributed by atoms with Crippen LogP contribution in [0, 0.1) is 17.2 Å². The van der Waals surface area contributed by atoms with Crippen LogP contribution in [0.2, 0.25) is 5.02 Å². The summed E-state index contributed by atoms with van der Waals surface area (Å²) in [5.41, 5.74) is 0.803. The van der Waals surface area contributed by atoms with Gasteiger partial charge in [0.25, 0.3) is 0 Å². The van der Waals surface area contributed by atoms with Crippen molar-refractivity contribution in [1.82, 2.24) is 5.32 Å². The lowest BCUT2D eigenvalue weighted by Crippen LogP contribution is -2.62. The van der Waals surface area contributed by atoms with Crippen molar-refractivity contribution in [2.45, 2.75) is 46.7 Å². The van der Waals surface area contributed by atoms with Gasteiger partial charge >= 0.3 is 0 Å². The Hall–Kier alpha value is -0.800. The summed E-state index contributed by atoms with van der Waals surface area (Å²) in [6.45, 7) is 12.7. The highest BCUT2D eigenvalue weighted by Gasteiger charge is 2.36. The van der Waals surface area contributed by atoms with Crippen molar-refractivity contribution in [1.29, 1.82) is 0 Å². The predicted octanol–water partition coefficient (Wildman–Crippen LogP) is 4.33. The first kappa shape index (κ1) is 16.6. The van der Waals surface area contributed by atoms with Crippen molar-refractivity contribution >= 4 is 17.3 Å². The molecule has 1 saturated heterocycles. The van der Waals surface area contributed by atoms with Crippen LogP contribution >= 0.6 is 11.6 Å². The van der Waals surface area contributed by atoms with Gasteiger partial charge in [0, 0.05) is 30.2 Å². The number of piperazine rings is 1. The minimum Gasteiger partial charge on any atom is -0.363 e. The Morgan fingerprint density at radius 1 is 1.33 bits per heavy atom. The van der Waals surface area contributed by atoms with E-state index in [0.717, 1.165) is 13.1 Å². The van der Waals surface area contributed by atoms with Gasteiger partial charge < -0.3 is 10.2 Å². The molecule has 0 bridgehead atoms. The fourth-order valence-electron chi connectivity index (χ4n) is 2.94. The quantitative estimate of drug-likeness (QED) is 0.874. The molecule has 2 nitrogen and oxygen atoms in total. The zero-order valence-corrected chi connectivity index (χ0v) is 14.3. The summed E-state index contributed by atoms with van der Waals surface area (Å²) in [7, 11) is 0. The van der Waals surface area contributed by atoms with Crippen LogP contribution in [-0.4, -0.2) is 25.2 Å². The third-order valence-electron chi connectivity index (χ3n) is 4.39. The van der Waals surface area contributed by atoms with Gasteiger partial charge in [-0.15, -0.1) is 0 Å². The van der Waals surface area contributed by atoms with Crippen LogP contribution in [-0.2, 0) is 0 Å². The normalized spacial score (nSPS) is 23.7. The second-order valence-electron chi connectivity index (χ2n) is 7.39. The van der Waals surface area contributed by atoms with Crippen LogP contribution in [0.25, 0.3) is 0 Å². The molecule has 1 aliphatic rings. The molecule has 0 saturated carbocycles. The molecule has 1 aromatic carbocycles. The molecule has 1 N–H and O–H groups in total. The molecule has 2 unspecified atom stereocenters. The second-order valence-corrected chi connectivity index (χ2v) is 7.82. The van der Waals surface area contributed by atoms with E-state index in [0.29, 0.717) is 28.7 Å². The third kappa shape index (κ3) is 3.70. The Kier molecular flexibility index (Phi) is 4.84. The number of halogens is 2. The zero-order valence-electron chi connectivity index (χ0n) is 13.6. The number of hydrogen-bond acceptors (Lipinski definition) is 2. The van der Waals surface area contributed by atoms with Gasteiger partial charge in [0.1, 0.15) is 5.82 Å². The third-order valence-corrected chi connectivity index (χ3v) is 4.62. The summed E-state index contributed by atoms with van der Waals surface area (Å²) in [6.07, 6.45) is 0. The van der Waals surface area contributed by atoms with Crippen molar-refractivity contribution in [3.63, 3.8) is 0 Å². The summed E-state index contributed by atoms with van der Waals surface area (Å²) in [6, 6.07) is 5.60. The van der Waals surface area contributed by atoms with Crippen LogP contribution in [0.1, 0.15) is 34.6 Å². The predicted molar refractivity (Wildman–Crippen MR) is 88.6 cm³/mol. The SMILES string of the molecule is CC(C)C1CNC(C(C)(C)C)CN1c1ccc(Cl)cc1F. The summed E-state index contributed by atoms with van der Waals surface area (Å²) in [5, 5.41) is 4.08. The smallest absolute Gasteiger partial charge is 0.147 e. The average molecular weight is 313 g/mol. The molecule has 1 heterocycles. The maximum absolute atomic E-state index is 14.3. The van der Waals surface area contributed by atoms with E-state index < -0.39 is 0 Å². The van der Waals surface area contributed by atoms with Gasteiger partial charge in [-0.2, -0.15) is 0 Å².